The van der Waals surface area contributed by atoms with Crippen molar-refractivity contribution in [1.29, 1.82) is 0 Å². The molecule has 5 rings (SSSR count). The monoisotopic (exact) mass is 492 g/mol. The number of anilines is 1. The molecule has 2 aromatic heterocycles. The van der Waals surface area contributed by atoms with Gasteiger partial charge in [0.15, 0.2) is 0 Å². The van der Waals surface area contributed by atoms with Gasteiger partial charge in [-0.2, -0.15) is 0 Å². The SMILES string of the molecule is COc1ccc2c(n1)c(N1CCN([C@@H](c3ccccc3)c3ccc(F)cc3)CC1)c(Cl)c(=O)n2C. The molecule has 1 atom stereocenters. The quantitative estimate of drug-likeness (QED) is 0.406. The lowest BCUT2D eigenvalue weighted by atomic mass is 9.96. The lowest BCUT2D eigenvalue weighted by molar-refractivity contribution is 0.212. The van der Waals surface area contributed by atoms with E-state index in [-0.39, 0.29) is 22.4 Å². The number of aromatic nitrogens is 2. The van der Waals surface area contributed by atoms with Crippen molar-refractivity contribution in [1.82, 2.24) is 14.5 Å². The molecule has 2 aromatic carbocycles. The standard InChI is InChI=1S/C27H26ClFN4O2/c1-31-21-12-13-22(35-2)30-24(21)26(23(28)27(31)34)33-16-14-32(15-17-33)25(18-6-4-3-5-7-18)19-8-10-20(29)11-9-19/h3-13,25H,14-17H2,1-2H3/t25-/m0/s1. The van der Waals surface area contributed by atoms with Gasteiger partial charge in [0.05, 0.1) is 24.4 Å². The summed E-state index contributed by atoms with van der Waals surface area (Å²) in [7, 11) is 3.26. The van der Waals surface area contributed by atoms with Crippen molar-refractivity contribution >= 4 is 28.3 Å². The zero-order valence-electron chi connectivity index (χ0n) is 19.6. The lowest BCUT2D eigenvalue weighted by Gasteiger charge is -2.41. The van der Waals surface area contributed by atoms with E-state index in [0.717, 1.165) is 24.2 Å². The number of rotatable bonds is 5. The van der Waals surface area contributed by atoms with E-state index in [1.165, 1.54) is 16.7 Å². The Kier molecular flexibility index (Phi) is 6.45. The Morgan fingerprint density at radius 3 is 2.26 bits per heavy atom. The Morgan fingerprint density at radius 1 is 0.943 bits per heavy atom. The fraction of sp³-hybridized carbons (Fsp3) is 0.259. The minimum absolute atomic E-state index is 0.00646. The summed E-state index contributed by atoms with van der Waals surface area (Å²) in [5.41, 5.74) is 3.91. The third-order valence-electron chi connectivity index (χ3n) is 6.64. The molecule has 180 valence electrons. The zero-order chi connectivity index (χ0) is 24.5. The number of methoxy groups -OCH3 is 1. The summed E-state index contributed by atoms with van der Waals surface area (Å²) in [4.78, 5) is 22.0. The number of hydrogen-bond acceptors (Lipinski definition) is 5. The number of pyridine rings is 2. The van der Waals surface area contributed by atoms with Crippen LogP contribution in [0.15, 0.2) is 71.5 Å². The summed E-state index contributed by atoms with van der Waals surface area (Å²) >= 11 is 6.61. The van der Waals surface area contributed by atoms with E-state index in [0.29, 0.717) is 35.7 Å². The highest BCUT2D eigenvalue weighted by Crippen LogP contribution is 2.35. The predicted octanol–water partition coefficient (Wildman–Crippen LogP) is 4.65. The highest BCUT2D eigenvalue weighted by atomic mass is 35.5. The molecule has 6 nitrogen and oxygen atoms in total. The van der Waals surface area contributed by atoms with Crippen LogP contribution < -0.4 is 15.2 Å². The summed E-state index contributed by atoms with van der Waals surface area (Å²) in [5.74, 6) is 0.216. The number of aryl methyl sites for hydroxylation is 1. The minimum Gasteiger partial charge on any atom is -0.481 e. The molecule has 0 spiro atoms. The normalized spacial score (nSPS) is 15.4. The summed E-state index contributed by atoms with van der Waals surface area (Å²) in [5, 5.41) is 0.160. The summed E-state index contributed by atoms with van der Waals surface area (Å²) in [6.45, 7) is 2.78. The van der Waals surface area contributed by atoms with Crippen molar-refractivity contribution in [2.45, 2.75) is 6.04 Å². The van der Waals surface area contributed by atoms with Gasteiger partial charge < -0.3 is 14.2 Å². The highest BCUT2D eigenvalue weighted by molar-refractivity contribution is 6.34. The van der Waals surface area contributed by atoms with Crippen LogP contribution in [0.3, 0.4) is 0 Å². The van der Waals surface area contributed by atoms with E-state index in [1.54, 1.807) is 20.2 Å². The maximum atomic E-state index is 13.6. The van der Waals surface area contributed by atoms with Crippen LogP contribution in [0.25, 0.3) is 11.0 Å². The maximum absolute atomic E-state index is 13.6. The number of halogens is 2. The summed E-state index contributed by atoms with van der Waals surface area (Å²) in [6, 6.07) is 20.5. The van der Waals surface area contributed by atoms with E-state index in [1.807, 2.05) is 36.4 Å². The van der Waals surface area contributed by atoms with Crippen LogP contribution in [0.2, 0.25) is 5.02 Å². The molecule has 0 radical (unpaired) electrons. The first kappa shape index (κ1) is 23.3. The van der Waals surface area contributed by atoms with E-state index < -0.39 is 0 Å². The van der Waals surface area contributed by atoms with Crippen LogP contribution in [0.5, 0.6) is 5.88 Å². The minimum atomic E-state index is -0.253. The Balaban J connectivity index is 1.49. The van der Waals surface area contributed by atoms with Gasteiger partial charge in [0, 0.05) is 39.3 Å². The van der Waals surface area contributed by atoms with Gasteiger partial charge in [-0.15, -0.1) is 0 Å². The lowest BCUT2D eigenvalue weighted by Crippen LogP contribution is -2.48. The van der Waals surface area contributed by atoms with E-state index >= 15 is 0 Å². The van der Waals surface area contributed by atoms with Gasteiger partial charge in [-0.1, -0.05) is 54.1 Å². The van der Waals surface area contributed by atoms with Crippen LogP contribution >= 0.6 is 11.6 Å². The maximum Gasteiger partial charge on any atom is 0.271 e. The van der Waals surface area contributed by atoms with Crippen molar-refractivity contribution in [3.63, 3.8) is 0 Å². The molecule has 1 aliphatic heterocycles. The average molecular weight is 493 g/mol. The first-order chi connectivity index (χ1) is 17.0. The Bertz CT molecular complexity index is 1400. The zero-order valence-corrected chi connectivity index (χ0v) is 20.4. The predicted molar refractivity (Wildman–Crippen MR) is 137 cm³/mol. The number of piperazine rings is 1. The van der Waals surface area contributed by atoms with Gasteiger partial charge in [0.1, 0.15) is 16.4 Å². The molecule has 1 aliphatic rings. The molecule has 8 heteroatoms. The molecule has 0 unspecified atom stereocenters. The topological polar surface area (TPSA) is 50.6 Å². The van der Waals surface area contributed by atoms with Gasteiger partial charge >= 0.3 is 0 Å². The fourth-order valence-electron chi connectivity index (χ4n) is 4.84. The Hall–Kier alpha value is -3.42. The molecule has 4 aromatic rings. The third-order valence-corrected chi connectivity index (χ3v) is 6.98. The molecule has 1 saturated heterocycles. The van der Waals surface area contributed by atoms with Crippen LogP contribution in [0.1, 0.15) is 17.2 Å². The number of hydrogen-bond donors (Lipinski definition) is 0. The van der Waals surface area contributed by atoms with Gasteiger partial charge in [-0.3, -0.25) is 9.69 Å². The van der Waals surface area contributed by atoms with Crippen molar-refractivity contribution in [3.05, 3.63) is 99.1 Å². The van der Waals surface area contributed by atoms with Crippen molar-refractivity contribution in [2.75, 3.05) is 38.2 Å². The molecule has 1 fully saturated rings. The molecule has 0 saturated carbocycles. The second kappa shape index (κ2) is 9.68. The molecular weight excluding hydrogens is 467 g/mol. The first-order valence-corrected chi connectivity index (χ1v) is 11.9. The van der Waals surface area contributed by atoms with Crippen molar-refractivity contribution in [3.8, 4) is 5.88 Å². The number of nitrogens with zero attached hydrogens (tertiary/aromatic N) is 4. The highest BCUT2D eigenvalue weighted by Gasteiger charge is 2.29. The molecule has 3 heterocycles. The summed E-state index contributed by atoms with van der Waals surface area (Å²) in [6.07, 6.45) is 0. The molecule has 0 amide bonds. The number of ether oxygens (including phenoxy) is 1. The van der Waals surface area contributed by atoms with Gasteiger partial charge in [-0.25, -0.2) is 9.37 Å². The van der Waals surface area contributed by atoms with Gasteiger partial charge in [0.25, 0.3) is 5.56 Å². The van der Waals surface area contributed by atoms with E-state index in [9.17, 15) is 9.18 Å². The van der Waals surface area contributed by atoms with Crippen LogP contribution in [0, 0.1) is 5.82 Å². The Labute approximate surface area is 208 Å². The van der Waals surface area contributed by atoms with Crippen LogP contribution in [0.4, 0.5) is 10.1 Å². The Morgan fingerprint density at radius 2 is 1.60 bits per heavy atom. The molecule has 35 heavy (non-hydrogen) atoms. The molecular formula is C27H26ClFN4O2. The van der Waals surface area contributed by atoms with Crippen molar-refractivity contribution < 1.29 is 9.13 Å². The van der Waals surface area contributed by atoms with Gasteiger partial charge in [-0.05, 0) is 29.3 Å². The van der Waals surface area contributed by atoms with E-state index in [4.69, 9.17) is 16.3 Å². The fourth-order valence-corrected chi connectivity index (χ4v) is 5.18. The number of fused-ring (bicyclic) bond motifs is 1. The van der Waals surface area contributed by atoms with E-state index in [2.05, 4.69) is 26.9 Å². The largest absolute Gasteiger partial charge is 0.481 e. The molecule has 0 N–H and O–H groups in total. The van der Waals surface area contributed by atoms with Gasteiger partial charge in [0.2, 0.25) is 5.88 Å². The molecule has 0 bridgehead atoms. The van der Waals surface area contributed by atoms with Crippen LogP contribution in [-0.2, 0) is 7.05 Å². The first-order valence-electron chi connectivity index (χ1n) is 11.5. The second-order valence-electron chi connectivity index (χ2n) is 8.64. The van der Waals surface area contributed by atoms with Crippen molar-refractivity contribution in [2.24, 2.45) is 7.05 Å². The number of benzene rings is 2. The molecule has 0 aliphatic carbocycles. The smallest absolute Gasteiger partial charge is 0.271 e. The van der Waals surface area contributed by atoms with Crippen LogP contribution in [-0.4, -0.2) is 47.7 Å². The second-order valence-corrected chi connectivity index (χ2v) is 9.01. The summed E-state index contributed by atoms with van der Waals surface area (Å²) < 4.78 is 20.5. The third kappa shape index (κ3) is 4.37. The average Bonchev–Trinajstić information content (AvgIpc) is 2.90.